The summed E-state index contributed by atoms with van der Waals surface area (Å²) in [6, 6.07) is 16.4. The molecule has 2 aromatic rings. The Labute approximate surface area is 149 Å². The molecular weight excluding hydrogens is 316 g/mol. The van der Waals surface area contributed by atoms with Crippen LogP contribution >= 0.6 is 11.8 Å². The molecule has 0 aliphatic heterocycles. The second kappa shape index (κ2) is 9.50. The summed E-state index contributed by atoms with van der Waals surface area (Å²) in [7, 11) is 0. The van der Waals surface area contributed by atoms with Gasteiger partial charge < -0.3 is 5.32 Å². The maximum absolute atomic E-state index is 12.4. The quantitative estimate of drug-likeness (QED) is 0.713. The molecule has 0 radical (unpaired) electrons. The van der Waals surface area contributed by atoms with E-state index in [9.17, 15) is 4.79 Å². The van der Waals surface area contributed by atoms with Crippen molar-refractivity contribution in [2.45, 2.75) is 31.7 Å². The largest absolute Gasteiger partial charge is 0.325 e. The molecule has 0 heterocycles. The fourth-order valence-electron chi connectivity index (χ4n) is 2.63. The first-order chi connectivity index (χ1) is 11.6. The van der Waals surface area contributed by atoms with Gasteiger partial charge in [-0.25, -0.2) is 0 Å². The average Bonchev–Trinajstić information content (AvgIpc) is 2.58. The van der Waals surface area contributed by atoms with Gasteiger partial charge in [-0.05, 0) is 55.5 Å². The smallest absolute Gasteiger partial charge is 0.238 e. The molecule has 2 rings (SSSR count). The zero-order valence-electron chi connectivity index (χ0n) is 14.7. The van der Waals surface area contributed by atoms with Crippen molar-refractivity contribution in [2.75, 3.05) is 24.7 Å². The number of amides is 1. The van der Waals surface area contributed by atoms with Gasteiger partial charge in [0.25, 0.3) is 0 Å². The maximum Gasteiger partial charge on any atom is 0.238 e. The van der Waals surface area contributed by atoms with E-state index in [4.69, 9.17) is 0 Å². The summed E-state index contributed by atoms with van der Waals surface area (Å²) >= 11 is 1.74. The van der Waals surface area contributed by atoms with Gasteiger partial charge in [0.15, 0.2) is 0 Å². The molecule has 4 heteroatoms. The van der Waals surface area contributed by atoms with Gasteiger partial charge in [-0.15, -0.1) is 11.8 Å². The molecule has 0 aliphatic carbocycles. The van der Waals surface area contributed by atoms with Crippen molar-refractivity contribution in [2.24, 2.45) is 0 Å². The molecule has 0 fully saturated rings. The van der Waals surface area contributed by atoms with E-state index in [1.54, 1.807) is 11.8 Å². The van der Waals surface area contributed by atoms with Crippen LogP contribution in [0.25, 0.3) is 0 Å². The minimum Gasteiger partial charge on any atom is -0.325 e. The number of carbonyl (C=O) groups is 1. The monoisotopic (exact) mass is 342 g/mol. The summed E-state index contributed by atoms with van der Waals surface area (Å²) in [5, 5.41) is 3.02. The first kappa shape index (κ1) is 18.6. The summed E-state index contributed by atoms with van der Waals surface area (Å²) in [4.78, 5) is 15.8. The van der Waals surface area contributed by atoms with Crippen molar-refractivity contribution in [3.05, 3.63) is 59.7 Å². The van der Waals surface area contributed by atoms with Gasteiger partial charge >= 0.3 is 0 Å². The number of aryl methyl sites for hydroxylation is 1. The maximum atomic E-state index is 12.4. The molecule has 1 N–H and O–H groups in total. The van der Waals surface area contributed by atoms with Crippen LogP contribution in [0, 0.1) is 6.92 Å². The van der Waals surface area contributed by atoms with E-state index in [-0.39, 0.29) is 5.91 Å². The number of para-hydroxylation sites is 1. The van der Waals surface area contributed by atoms with Gasteiger partial charge in [-0.2, -0.15) is 0 Å². The van der Waals surface area contributed by atoms with Gasteiger partial charge in [0.05, 0.1) is 6.54 Å². The molecule has 0 unspecified atom stereocenters. The molecule has 0 spiro atoms. The van der Waals surface area contributed by atoms with Crippen molar-refractivity contribution in [3.8, 4) is 0 Å². The fraction of sp³-hybridized carbons (Fsp3) is 0.350. The number of rotatable bonds is 8. The Morgan fingerprint density at radius 3 is 2.46 bits per heavy atom. The summed E-state index contributed by atoms with van der Waals surface area (Å²) < 4.78 is 0. The van der Waals surface area contributed by atoms with Crippen LogP contribution in [0.4, 0.5) is 5.69 Å². The number of benzene rings is 2. The molecule has 0 aliphatic rings. The minimum absolute atomic E-state index is 0.0403. The molecule has 0 atom stereocenters. The minimum atomic E-state index is 0.0403. The Balaban J connectivity index is 1.96. The van der Waals surface area contributed by atoms with Gasteiger partial charge in [-0.1, -0.05) is 37.3 Å². The second-order valence-corrected chi connectivity index (χ2v) is 6.80. The number of carbonyl (C=O) groups excluding carboxylic acids is 1. The predicted molar refractivity (Wildman–Crippen MR) is 104 cm³/mol. The van der Waals surface area contributed by atoms with Crippen molar-refractivity contribution in [1.82, 2.24) is 4.90 Å². The van der Waals surface area contributed by atoms with E-state index < -0.39 is 0 Å². The van der Waals surface area contributed by atoms with Gasteiger partial charge in [0.1, 0.15) is 0 Å². The van der Waals surface area contributed by atoms with E-state index in [1.165, 1.54) is 10.5 Å². The lowest BCUT2D eigenvalue weighted by Crippen LogP contribution is -2.33. The summed E-state index contributed by atoms with van der Waals surface area (Å²) in [5.41, 5.74) is 3.22. The number of nitrogens with zero attached hydrogens (tertiary/aromatic N) is 1. The Bertz CT molecular complexity index is 655. The first-order valence-electron chi connectivity index (χ1n) is 8.33. The van der Waals surface area contributed by atoms with Crippen LogP contribution in [-0.2, 0) is 11.3 Å². The molecule has 2 aromatic carbocycles. The molecule has 0 aromatic heterocycles. The van der Waals surface area contributed by atoms with Crippen molar-refractivity contribution in [3.63, 3.8) is 0 Å². The van der Waals surface area contributed by atoms with Crippen LogP contribution in [0.15, 0.2) is 53.4 Å². The summed E-state index contributed by atoms with van der Waals surface area (Å²) in [6.45, 7) is 6.26. The third-order valence-corrected chi connectivity index (χ3v) is 4.64. The van der Waals surface area contributed by atoms with Gasteiger partial charge in [0, 0.05) is 17.1 Å². The fourth-order valence-corrected chi connectivity index (χ4v) is 3.03. The lowest BCUT2D eigenvalue weighted by Gasteiger charge is -2.21. The normalized spacial score (nSPS) is 10.8. The first-order valence-corrected chi connectivity index (χ1v) is 9.55. The molecule has 0 saturated heterocycles. The average molecular weight is 343 g/mol. The van der Waals surface area contributed by atoms with Gasteiger partial charge in [-0.3, -0.25) is 9.69 Å². The van der Waals surface area contributed by atoms with E-state index >= 15 is 0 Å². The van der Waals surface area contributed by atoms with Gasteiger partial charge in [0.2, 0.25) is 5.91 Å². The summed E-state index contributed by atoms with van der Waals surface area (Å²) in [6.07, 6.45) is 3.11. The molecule has 0 bridgehead atoms. The molecule has 128 valence electrons. The topological polar surface area (TPSA) is 32.3 Å². The molecular formula is C20H26N2OS. The number of nitrogens with one attached hydrogen (secondary N) is 1. The Morgan fingerprint density at radius 1 is 1.12 bits per heavy atom. The Morgan fingerprint density at radius 2 is 1.83 bits per heavy atom. The highest BCUT2D eigenvalue weighted by atomic mass is 32.2. The van der Waals surface area contributed by atoms with Crippen molar-refractivity contribution >= 4 is 23.4 Å². The standard InChI is InChI=1S/C20H26N2OS/c1-4-13-22(14-17-9-11-18(24-3)12-10-17)15-20(23)21-19-8-6-5-7-16(19)2/h5-12H,4,13-15H2,1-3H3,(H,21,23). The van der Waals surface area contributed by atoms with Crippen LogP contribution in [-0.4, -0.2) is 30.2 Å². The highest BCUT2D eigenvalue weighted by molar-refractivity contribution is 7.98. The number of anilines is 1. The number of hydrogen-bond acceptors (Lipinski definition) is 3. The molecule has 1 amide bonds. The third kappa shape index (κ3) is 5.69. The van der Waals surface area contributed by atoms with Crippen LogP contribution in [0.1, 0.15) is 24.5 Å². The van der Waals surface area contributed by atoms with Crippen LogP contribution in [0.5, 0.6) is 0 Å². The van der Waals surface area contributed by atoms with Crippen molar-refractivity contribution in [1.29, 1.82) is 0 Å². The molecule has 3 nitrogen and oxygen atoms in total. The van der Waals surface area contributed by atoms with Crippen LogP contribution in [0.3, 0.4) is 0 Å². The Hall–Kier alpha value is -1.78. The number of hydrogen-bond donors (Lipinski definition) is 1. The molecule has 0 saturated carbocycles. The SMILES string of the molecule is CCCN(CC(=O)Nc1ccccc1C)Cc1ccc(SC)cc1. The van der Waals surface area contributed by atoms with E-state index in [1.807, 2.05) is 31.2 Å². The van der Waals surface area contributed by atoms with Crippen LogP contribution < -0.4 is 5.32 Å². The zero-order chi connectivity index (χ0) is 17.4. The van der Waals surface area contributed by atoms with Crippen LogP contribution in [0.2, 0.25) is 0 Å². The lowest BCUT2D eigenvalue weighted by atomic mass is 10.2. The summed E-state index contributed by atoms with van der Waals surface area (Å²) in [5.74, 6) is 0.0403. The molecule has 24 heavy (non-hydrogen) atoms. The predicted octanol–water partition coefficient (Wildman–Crippen LogP) is 4.57. The van der Waals surface area contributed by atoms with E-state index in [0.717, 1.165) is 30.8 Å². The Kier molecular flexibility index (Phi) is 7.35. The highest BCUT2D eigenvalue weighted by Crippen LogP contribution is 2.16. The highest BCUT2D eigenvalue weighted by Gasteiger charge is 2.11. The van der Waals surface area contributed by atoms with Crippen molar-refractivity contribution < 1.29 is 4.79 Å². The number of thioether (sulfide) groups is 1. The zero-order valence-corrected chi connectivity index (χ0v) is 15.5. The lowest BCUT2D eigenvalue weighted by molar-refractivity contribution is -0.117. The van der Waals surface area contributed by atoms with E-state index in [0.29, 0.717) is 6.54 Å². The van der Waals surface area contributed by atoms with E-state index in [2.05, 4.69) is 47.7 Å². The second-order valence-electron chi connectivity index (χ2n) is 5.92. The third-order valence-electron chi connectivity index (χ3n) is 3.89.